The number of hydrogen-bond donors (Lipinski definition) is 3. The van der Waals surface area contributed by atoms with Gasteiger partial charge in [-0.05, 0) is 110 Å². The molecule has 3 N–H and O–H groups in total. The Kier molecular flexibility index (Phi) is 6.43. The average Bonchev–Trinajstić information content (AvgIpc) is 3.37. The molecule has 0 aromatic heterocycles. The Morgan fingerprint density at radius 1 is 1.02 bits per heavy atom. The van der Waals surface area contributed by atoms with Gasteiger partial charge in [-0.2, -0.15) is 0 Å². The number of carbonyl (C=O) groups is 2. The smallest absolute Gasteiger partial charge is 0.255 e. The van der Waals surface area contributed by atoms with E-state index >= 15 is 0 Å². The van der Waals surface area contributed by atoms with Gasteiger partial charge in [-0.25, -0.2) is 0 Å². The predicted molar refractivity (Wildman–Crippen MR) is 159 cm³/mol. The van der Waals surface area contributed by atoms with Crippen molar-refractivity contribution in [1.82, 2.24) is 15.5 Å². The van der Waals surface area contributed by atoms with Gasteiger partial charge in [0.2, 0.25) is 0 Å². The molecule has 3 heterocycles. The average molecular weight is 550 g/mol. The summed E-state index contributed by atoms with van der Waals surface area (Å²) in [6.07, 6.45) is 7.46. The molecule has 0 unspecified atom stereocenters. The van der Waals surface area contributed by atoms with E-state index in [0.717, 1.165) is 35.7 Å². The largest absolute Gasteiger partial charge is 0.457 e. The summed E-state index contributed by atoms with van der Waals surface area (Å²) in [7, 11) is 0. The highest BCUT2D eigenvalue weighted by Crippen LogP contribution is 2.52. The predicted octanol–water partition coefficient (Wildman–Crippen LogP) is 5.58. The van der Waals surface area contributed by atoms with Crippen molar-refractivity contribution in [3.05, 3.63) is 94.8 Å². The van der Waals surface area contributed by atoms with Crippen LogP contribution in [0.2, 0.25) is 0 Å². The van der Waals surface area contributed by atoms with Crippen molar-refractivity contribution >= 4 is 23.2 Å². The zero-order valence-corrected chi connectivity index (χ0v) is 23.3. The van der Waals surface area contributed by atoms with Crippen LogP contribution in [-0.2, 0) is 13.1 Å². The minimum atomic E-state index is -0.191. The van der Waals surface area contributed by atoms with Crippen LogP contribution in [0.5, 0.6) is 11.5 Å². The lowest BCUT2D eigenvalue weighted by Crippen LogP contribution is -2.35. The van der Waals surface area contributed by atoms with Crippen LogP contribution in [0.25, 0.3) is 0 Å². The molecule has 210 valence electrons. The van der Waals surface area contributed by atoms with E-state index in [1.54, 1.807) is 24.3 Å². The van der Waals surface area contributed by atoms with E-state index in [4.69, 9.17) is 4.74 Å². The van der Waals surface area contributed by atoms with Gasteiger partial charge in [-0.3, -0.25) is 14.5 Å². The first-order chi connectivity index (χ1) is 19.9. The quantitative estimate of drug-likeness (QED) is 0.357. The second-order valence-electron chi connectivity index (χ2n) is 11.9. The number of hydrogen-bond acceptors (Lipinski definition) is 6. The summed E-state index contributed by atoms with van der Waals surface area (Å²) in [6.45, 7) is 6.45. The minimum absolute atomic E-state index is 0.0626. The minimum Gasteiger partial charge on any atom is -0.457 e. The van der Waals surface area contributed by atoms with Gasteiger partial charge in [-0.15, -0.1) is 0 Å². The van der Waals surface area contributed by atoms with E-state index in [1.807, 2.05) is 24.3 Å². The number of piperidine rings is 1. The maximum atomic E-state index is 13.4. The molecule has 3 aliphatic heterocycles. The van der Waals surface area contributed by atoms with Crippen LogP contribution < -0.4 is 25.6 Å². The molecule has 0 atom stereocenters. The lowest BCUT2D eigenvalue weighted by Gasteiger charge is -2.33. The number of fused-ring (bicyclic) bond motifs is 1. The molecule has 0 radical (unpaired) electrons. The summed E-state index contributed by atoms with van der Waals surface area (Å²) in [5.74, 6) is 0.937. The van der Waals surface area contributed by atoms with Gasteiger partial charge in [0, 0.05) is 54.0 Å². The Morgan fingerprint density at radius 2 is 1.90 bits per heavy atom. The maximum absolute atomic E-state index is 13.4. The molecule has 3 aromatic carbocycles. The number of amides is 2. The first-order valence-electron chi connectivity index (χ1n) is 14.5. The third kappa shape index (κ3) is 5.52. The van der Waals surface area contributed by atoms with Crippen LogP contribution in [0.15, 0.2) is 72.6 Å². The van der Waals surface area contributed by atoms with E-state index in [9.17, 15) is 9.59 Å². The maximum Gasteiger partial charge on any atom is 0.255 e. The van der Waals surface area contributed by atoms with Gasteiger partial charge in [0.05, 0.1) is 6.67 Å². The zero-order chi connectivity index (χ0) is 28.0. The molecular weight excluding hydrogens is 514 g/mol. The molecule has 1 saturated heterocycles. The van der Waals surface area contributed by atoms with Crippen molar-refractivity contribution in [2.24, 2.45) is 5.41 Å². The van der Waals surface area contributed by atoms with E-state index < -0.39 is 0 Å². The molecule has 0 bridgehead atoms. The number of likely N-dealkylation sites (tertiary alicyclic amines) is 1. The third-order valence-corrected chi connectivity index (χ3v) is 8.64. The summed E-state index contributed by atoms with van der Waals surface area (Å²) in [4.78, 5) is 30.0. The lowest BCUT2D eigenvalue weighted by molar-refractivity contribution is 0.0964. The molecule has 4 aliphatic rings. The number of anilines is 2. The van der Waals surface area contributed by atoms with Crippen molar-refractivity contribution in [3.8, 4) is 11.5 Å². The summed E-state index contributed by atoms with van der Waals surface area (Å²) < 4.78 is 6.06. The van der Waals surface area contributed by atoms with Crippen LogP contribution in [0, 0.1) is 5.41 Å². The summed E-state index contributed by atoms with van der Waals surface area (Å²) >= 11 is 0. The second kappa shape index (κ2) is 10.3. The Morgan fingerprint density at radius 3 is 2.73 bits per heavy atom. The van der Waals surface area contributed by atoms with E-state index in [1.165, 1.54) is 37.8 Å². The fourth-order valence-electron chi connectivity index (χ4n) is 6.30. The highest BCUT2D eigenvalue weighted by atomic mass is 16.5. The Bertz CT molecular complexity index is 1560. The van der Waals surface area contributed by atoms with Gasteiger partial charge >= 0.3 is 0 Å². The zero-order valence-electron chi connectivity index (χ0n) is 23.3. The van der Waals surface area contributed by atoms with Crippen LogP contribution in [-0.4, -0.2) is 36.5 Å². The highest BCUT2D eigenvalue weighted by molar-refractivity contribution is 6.04. The molecule has 1 aliphatic carbocycles. The highest BCUT2D eigenvalue weighted by Gasteiger charge is 2.45. The third-order valence-electron chi connectivity index (χ3n) is 8.64. The van der Waals surface area contributed by atoms with Crippen LogP contribution in [0.1, 0.15) is 64.4 Å². The van der Waals surface area contributed by atoms with Gasteiger partial charge in [-0.1, -0.05) is 6.07 Å². The van der Waals surface area contributed by atoms with Crippen molar-refractivity contribution in [1.29, 1.82) is 0 Å². The second-order valence-corrected chi connectivity index (χ2v) is 11.9. The number of nitrogens with zero attached hydrogens (tertiary/aromatic N) is 2. The van der Waals surface area contributed by atoms with E-state index in [2.05, 4.69) is 51.0 Å². The Balaban J connectivity index is 1.09. The Hall–Kier alpha value is -4.30. The number of ether oxygens (including phenoxy) is 1. The summed E-state index contributed by atoms with van der Waals surface area (Å²) in [6, 6.07) is 19.0. The molecule has 8 heteroatoms. The fourth-order valence-corrected chi connectivity index (χ4v) is 6.30. The standard InChI is InChI=1S/C33H35N5O3/c1-22-18-38(21-35-22)27-13-23(19-37-11-3-8-33(20-37)9-10-33)12-26(16-27)36-31(39)24-4-2-5-28(14-24)41-29-6-7-30-25(15-29)17-34-32(30)40/h2,4-7,12-16,18,35H,3,8-11,17,19-21H2,1H3,(H,34,40)(H,36,39). The topological polar surface area (TPSA) is 85.9 Å². The molecular formula is C33H35N5O3. The molecule has 7 rings (SSSR count). The molecule has 3 aromatic rings. The first-order valence-corrected chi connectivity index (χ1v) is 14.5. The molecule has 2 amide bonds. The SMILES string of the molecule is CC1=CN(c2cc(CN3CCCC4(CC4)C3)cc(NC(=O)c3cccc(Oc4ccc5c(c4)CNC5=O)c3)c2)CN1. The van der Waals surface area contributed by atoms with Crippen LogP contribution >= 0.6 is 0 Å². The van der Waals surface area contributed by atoms with Crippen molar-refractivity contribution in [2.45, 2.75) is 45.7 Å². The number of benzene rings is 3. The number of rotatable bonds is 7. The normalized spacial score (nSPS) is 18.9. The van der Waals surface area contributed by atoms with Crippen LogP contribution in [0.3, 0.4) is 0 Å². The summed E-state index contributed by atoms with van der Waals surface area (Å²) in [5.41, 5.74) is 6.82. The number of carbonyl (C=O) groups excluding carboxylic acids is 2. The monoisotopic (exact) mass is 549 g/mol. The number of allylic oxidation sites excluding steroid dienone is 1. The van der Waals surface area contributed by atoms with Crippen molar-refractivity contribution < 1.29 is 14.3 Å². The van der Waals surface area contributed by atoms with Gasteiger partial charge in [0.25, 0.3) is 11.8 Å². The van der Waals surface area contributed by atoms with E-state index in [-0.39, 0.29) is 11.8 Å². The molecule has 41 heavy (non-hydrogen) atoms. The molecule has 1 spiro atoms. The molecule has 1 saturated carbocycles. The molecule has 2 fully saturated rings. The fraction of sp³-hybridized carbons (Fsp3) is 0.333. The summed E-state index contributed by atoms with van der Waals surface area (Å²) in [5, 5.41) is 9.33. The van der Waals surface area contributed by atoms with Crippen molar-refractivity contribution in [3.63, 3.8) is 0 Å². The lowest BCUT2D eigenvalue weighted by atomic mass is 9.94. The van der Waals surface area contributed by atoms with Crippen LogP contribution in [0.4, 0.5) is 11.4 Å². The number of nitrogens with one attached hydrogen (secondary N) is 3. The first kappa shape index (κ1) is 25.7. The van der Waals surface area contributed by atoms with Gasteiger partial charge in [0.1, 0.15) is 11.5 Å². The van der Waals surface area contributed by atoms with Gasteiger partial charge < -0.3 is 25.6 Å². The Labute approximate surface area is 240 Å². The van der Waals surface area contributed by atoms with Crippen molar-refractivity contribution in [2.75, 3.05) is 30.0 Å². The molecule has 8 nitrogen and oxygen atoms in total. The van der Waals surface area contributed by atoms with E-state index in [0.29, 0.717) is 41.3 Å². The van der Waals surface area contributed by atoms with Gasteiger partial charge in [0.15, 0.2) is 0 Å².